The lowest BCUT2D eigenvalue weighted by Crippen LogP contribution is -2.36. The Morgan fingerprint density at radius 1 is 1.67 bits per heavy atom. The molecule has 1 unspecified atom stereocenters. The molecular formula is C9H15N3O4S2. The van der Waals surface area contributed by atoms with Crippen molar-refractivity contribution in [3.63, 3.8) is 0 Å². The van der Waals surface area contributed by atoms with E-state index < -0.39 is 21.0 Å². The molecule has 0 aliphatic rings. The number of thioether (sulfide) groups is 1. The number of carboxylic acid groups (broad SMARTS) is 1. The van der Waals surface area contributed by atoms with Crippen molar-refractivity contribution in [3.05, 3.63) is 11.8 Å². The summed E-state index contributed by atoms with van der Waals surface area (Å²) in [4.78, 5) is 10.9. The quantitative estimate of drug-likeness (QED) is 0.676. The summed E-state index contributed by atoms with van der Waals surface area (Å²) in [6, 6.07) is -0.241. The molecular weight excluding hydrogens is 278 g/mol. The number of aromatic carboxylic acids is 1. The summed E-state index contributed by atoms with van der Waals surface area (Å²) in [6.07, 6.45) is 3.47. The first-order valence-corrected chi connectivity index (χ1v) is 8.08. The van der Waals surface area contributed by atoms with E-state index >= 15 is 0 Å². The third-order valence-electron chi connectivity index (χ3n) is 2.29. The van der Waals surface area contributed by atoms with Gasteiger partial charge in [-0.15, -0.1) is 0 Å². The molecule has 0 amide bonds. The maximum absolute atomic E-state index is 12.0. The molecule has 0 aliphatic carbocycles. The van der Waals surface area contributed by atoms with Crippen molar-refractivity contribution >= 4 is 27.8 Å². The van der Waals surface area contributed by atoms with Crippen molar-refractivity contribution in [1.29, 1.82) is 0 Å². The molecule has 0 radical (unpaired) electrons. The van der Waals surface area contributed by atoms with Crippen LogP contribution in [0.3, 0.4) is 0 Å². The topological polar surface area (TPSA) is 112 Å². The molecule has 1 heterocycles. The van der Waals surface area contributed by atoms with Crippen molar-refractivity contribution in [2.24, 2.45) is 0 Å². The second-order valence-electron chi connectivity index (χ2n) is 3.60. The van der Waals surface area contributed by atoms with Gasteiger partial charge >= 0.3 is 5.97 Å². The maximum Gasteiger partial charge on any atom is 0.340 e. The molecule has 1 atom stereocenters. The number of nitrogens with zero attached hydrogens (tertiary/aromatic N) is 1. The molecule has 0 spiro atoms. The fourth-order valence-corrected chi connectivity index (χ4v) is 3.58. The molecule has 9 heteroatoms. The Hall–Kier alpha value is -1.06. The summed E-state index contributed by atoms with van der Waals surface area (Å²) >= 11 is 1.51. The van der Waals surface area contributed by atoms with Crippen LogP contribution in [0.1, 0.15) is 23.7 Å². The number of aromatic nitrogens is 2. The molecule has 0 aliphatic heterocycles. The van der Waals surface area contributed by atoms with Gasteiger partial charge in [-0.3, -0.25) is 5.10 Å². The Kier molecular flexibility index (Phi) is 5.17. The Labute approximate surface area is 109 Å². The summed E-state index contributed by atoms with van der Waals surface area (Å²) in [5.41, 5.74) is -0.360. The second-order valence-corrected chi connectivity index (χ2v) is 6.16. The standard InChI is InChI=1S/C9H15N3O4S2/c1-3-6(5-17-2)12-18(15,16)8-7(9(13)14)4-10-11-8/h4,6,12H,3,5H2,1-2H3,(H,10,11)(H,13,14). The minimum Gasteiger partial charge on any atom is -0.478 e. The van der Waals surface area contributed by atoms with Crippen LogP contribution in [0.4, 0.5) is 0 Å². The Balaban J connectivity index is 2.99. The fourth-order valence-electron chi connectivity index (χ4n) is 1.35. The molecule has 7 nitrogen and oxygen atoms in total. The van der Waals surface area contributed by atoms with Crippen LogP contribution in [0.15, 0.2) is 11.2 Å². The number of carbonyl (C=O) groups is 1. The molecule has 0 bridgehead atoms. The normalized spacial score (nSPS) is 13.4. The third-order valence-corrected chi connectivity index (χ3v) is 4.51. The first-order valence-electron chi connectivity index (χ1n) is 5.20. The number of hydrogen-bond acceptors (Lipinski definition) is 5. The van der Waals surface area contributed by atoms with E-state index in [1.54, 1.807) is 0 Å². The lowest BCUT2D eigenvalue weighted by atomic mass is 10.3. The van der Waals surface area contributed by atoms with Crippen molar-refractivity contribution in [1.82, 2.24) is 14.9 Å². The van der Waals surface area contributed by atoms with Gasteiger partial charge in [-0.25, -0.2) is 17.9 Å². The summed E-state index contributed by atoms with van der Waals surface area (Å²) in [5, 5.41) is 14.1. The van der Waals surface area contributed by atoms with Gasteiger partial charge in [0.1, 0.15) is 5.56 Å². The van der Waals surface area contributed by atoms with E-state index in [0.29, 0.717) is 12.2 Å². The molecule has 102 valence electrons. The molecule has 0 saturated heterocycles. The van der Waals surface area contributed by atoms with Gasteiger partial charge in [-0.05, 0) is 12.7 Å². The summed E-state index contributed by atoms with van der Waals surface area (Å²) < 4.78 is 26.5. The van der Waals surface area contributed by atoms with Gasteiger partial charge in [0, 0.05) is 11.8 Å². The Morgan fingerprint density at radius 3 is 2.83 bits per heavy atom. The van der Waals surface area contributed by atoms with Crippen LogP contribution in [-0.4, -0.2) is 47.7 Å². The summed E-state index contributed by atoms with van der Waals surface area (Å²) in [7, 11) is -3.89. The molecule has 1 rings (SSSR count). The predicted molar refractivity (Wildman–Crippen MR) is 68.3 cm³/mol. The van der Waals surface area contributed by atoms with Gasteiger partial charge in [-0.2, -0.15) is 16.9 Å². The molecule has 0 aromatic carbocycles. The lowest BCUT2D eigenvalue weighted by Gasteiger charge is -2.15. The SMILES string of the molecule is CCC(CSC)NS(=O)(=O)c1[nH]ncc1C(=O)O. The largest absolute Gasteiger partial charge is 0.478 e. The van der Waals surface area contributed by atoms with Gasteiger partial charge in [-0.1, -0.05) is 6.92 Å². The van der Waals surface area contributed by atoms with Crippen LogP contribution < -0.4 is 4.72 Å². The third kappa shape index (κ3) is 3.47. The van der Waals surface area contributed by atoms with E-state index in [1.165, 1.54) is 11.8 Å². The highest BCUT2D eigenvalue weighted by Gasteiger charge is 2.26. The Bertz CT molecular complexity index is 512. The molecule has 3 N–H and O–H groups in total. The molecule has 18 heavy (non-hydrogen) atoms. The first kappa shape index (κ1) is 15.0. The van der Waals surface area contributed by atoms with Crippen LogP contribution in [0.25, 0.3) is 0 Å². The van der Waals surface area contributed by atoms with Crippen LogP contribution in [-0.2, 0) is 10.0 Å². The van der Waals surface area contributed by atoms with Gasteiger partial charge < -0.3 is 5.11 Å². The monoisotopic (exact) mass is 293 g/mol. The summed E-state index contributed by atoms with van der Waals surface area (Å²) in [5.74, 6) is -0.714. The highest BCUT2D eigenvalue weighted by molar-refractivity contribution is 7.98. The van der Waals surface area contributed by atoms with Crippen molar-refractivity contribution in [2.75, 3.05) is 12.0 Å². The van der Waals surface area contributed by atoms with Gasteiger partial charge in [0.25, 0.3) is 10.0 Å². The number of nitrogens with one attached hydrogen (secondary N) is 2. The van der Waals surface area contributed by atoms with Crippen LogP contribution in [0.2, 0.25) is 0 Å². The van der Waals surface area contributed by atoms with E-state index in [1.807, 2.05) is 13.2 Å². The predicted octanol–water partition coefficient (Wildman–Crippen LogP) is 0.528. The van der Waals surface area contributed by atoms with Gasteiger partial charge in [0.2, 0.25) is 0 Å². The zero-order valence-electron chi connectivity index (χ0n) is 10.0. The zero-order chi connectivity index (χ0) is 13.8. The number of carboxylic acids is 1. The average molecular weight is 293 g/mol. The van der Waals surface area contributed by atoms with E-state index in [-0.39, 0.29) is 11.6 Å². The maximum atomic E-state index is 12.0. The smallest absolute Gasteiger partial charge is 0.340 e. The Morgan fingerprint density at radius 2 is 2.33 bits per heavy atom. The van der Waals surface area contributed by atoms with E-state index in [4.69, 9.17) is 5.11 Å². The number of H-pyrrole nitrogens is 1. The van der Waals surface area contributed by atoms with E-state index in [9.17, 15) is 13.2 Å². The summed E-state index contributed by atoms with van der Waals surface area (Å²) in [6.45, 7) is 1.86. The number of rotatable bonds is 7. The molecule has 0 saturated carbocycles. The number of aromatic amines is 1. The van der Waals surface area contributed by atoms with Crippen molar-refractivity contribution in [3.8, 4) is 0 Å². The minimum absolute atomic E-state index is 0.241. The van der Waals surface area contributed by atoms with Crippen LogP contribution in [0.5, 0.6) is 0 Å². The van der Waals surface area contributed by atoms with E-state index in [2.05, 4.69) is 14.9 Å². The average Bonchev–Trinajstić information content (AvgIpc) is 2.77. The van der Waals surface area contributed by atoms with Gasteiger partial charge in [0.15, 0.2) is 5.03 Å². The second kappa shape index (κ2) is 6.21. The zero-order valence-corrected chi connectivity index (χ0v) is 11.6. The van der Waals surface area contributed by atoms with Crippen molar-refractivity contribution < 1.29 is 18.3 Å². The minimum atomic E-state index is -3.89. The highest BCUT2D eigenvalue weighted by atomic mass is 32.2. The van der Waals surface area contributed by atoms with Crippen molar-refractivity contribution in [2.45, 2.75) is 24.4 Å². The molecule has 1 aromatic rings. The first-order chi connectivity index (χ1) is 8.42. The fraction of sp³-hybridized carbons (Fsp3) is 0.556. The van der Waals surface area contributed by atoms with Crippen LogP contribution in [0, 0.1) is 0 Å². The van der Waals surface area contributed by atoms with E-state index in [0.717, 1.165) is 6.20 Å². The number of sulfonamides is 1. The molecule has 0 fully saturated rings. The number of hydrogen-bond donors (Lipinski definition) is 3. The van der Waals surface area contributed by atoms with Crippen LogP contribution >= 0.6 is 11.8 Å². The lowest BCUT2D eigenvalue weighted by molar-refractivity contribution is 0.0692. The highest BCUT2D eigenvalue weighted by Crippen LogP contribution is 2.13. The molecule has 1 aromatic heterocycles. The van der Waals surface area contributed by atoms with Gasteiger partial charge in [0.05, 0.1) is 6.20 Å².